The van der Waals surface area contributed by atoms with E-state index < -0.39 is 0 Å². The molecule has 0 saturated heterocycles. The molecular weight excluding hydrogens is 188 g/mol. The summed E-state index contributed by atoms with van der Waals surface area (Å²) in [5, 5.41) is 0. The lowest BCUT2D eigenvalue weighted by molar-refractivity contribution is -0.136. The summed E-state index contributed by atoms with van der Waals surface area (Å²) < 4.78 is 0. The van der Waals surface area contributed by atoms with Crippen molar-refractivity contribution in [3.05, 3.63) is 0 Å². The highest BCUT2D eigenvalue weighted by molar-refractivity contribution is 5.79. The lowest BCUT2D eigenvalue weighted by atomic mass is 10.0. The number of rotatable bonds is 4. The third-order valence-corrected chi connectivity index (χ3v) is 3.60. The minimum absolute atomic E-state index is 0.0781. The summed E-state index contributed by atoms with van der Waals surface area (Å²) in [5.41, 5.74) is 5.94. The van der Waals surface area contributed by atoms with Crippen LogP contribution in [-0.2, 0) is 4.79 Å². The van der Waals surface area contributed by atoms with Crippen molar-refractivity contribution in [2.24, 2.45) is 11.7 Å². The van der Waals surface area contributed by atoms with Crippen LogP contribution < -0.4 is 5.73 Å². The second-order valence-corrected chi connectivity index (χ2v) is 4.79. The molecule has 0 aromatic rings. The van der Waals surface area contributed by atoms with Crippen LogP contribution in [0.5, 0.6) is 0 Å². The molecule has 15 heavy (non-hydrogen) atoms. The van der Waals surface area contributed by atoms with Gasteiger partial charge in [-0.2, -0.15) is 0 Å². The van der Waals surface area contributed by atoms with Crippen molar-refractivity contribution >= 4 is 5.91 Å². The molecule has 0 heterocycles. The van der Waals surface area contributed by atoms with E-state index in [4.69, 9.17) is 5.73 Å². The highest BCUT2D eigenvalue weighted by atomic mass is 16.2. The molecule has 0 aromatic carbocycles. The SMILES string of the molecule is CCCC(C)N(C)C(=O)C1CCCC1N. The molecule has 0 bridgehead atoms. The summed E-state index contributed by atoms with van der Waals surface area (Å²) in [6.07, 6.45) is 5.28. The van der Waals surface area contributed by atoms with Gasteiger partial charge in [-0.25, -0.2) is 0 Å². The van der Waals surface area contributed by atoms with E-state index in [2.05, 4.69) is 13.8 Å². The van der Waals surface area contributed by atoms with Crippen LogP contribution in [0, 0.1) is 5.92 Å². The van der Waals surface area contributed by atoms with Crippen molar-refractivity contribution in [2.45, 2.75) is 58.0 Å². The number of carbonyl (C=O) groups is 1. The molecule has 3 atom stereocenters. The predicted molar refractivity (Wildman–Crippen MR) is 62.5 cm³/mol. The van der Waals surface area contributed by atoms with Crippen molar-refractivity contribution < 1.29 is 4.79 Å². The molecule has 3 nitrogen and oxygen atoms in total. The van der Waals surface area contributed by atoms with Gasteiger partial charge in [0.15, 0.2) is 0 Å². The fraction of sp³-hybridized carbons (Fsp3) is 0.917. The van der Waals surface area contributed by atoms with Crippen molar-refractivity contribution in [2.75, 3.05) is 7.05 Å². The number of nitrogens with two attached hydrogens (primary N) is 1. The first-order valence-corrected chi connectivity index (χ1v) is 6.10. The molecule has 1 saturated carbocycles. The fourth-order valence-electron chi connectivity index (χ4n) is 2.39. The zero-order valence-corrected chi connectivity index (χ0v) is 10.2. The zero-order chi connectivity index (χ0) is 11.4. The molecule has 0 aliphatic heterocycles. The summed E-state index contributed by atoms with van der Waals surface area (Å²) in [6.45, 7) is 4.26. The van der Waals surface area contributed by atoms with Crippen molar-refractivity contribution in [1.82, 2.24) is 4.90 Å². The average Bonchev–Trinajstić information content (AvgIpc) is 2.62. The monoisotopic (exact) mass is 212 g/mol. The Bertz CT molecular complexity index is 218. The van der Waals surface area contributed by atoms with Crippen LogP contribution in [0.4, 0.5) is 0 Å². The third kappa shape index (κ3) is 2.94. The van der Waals surface area contributed by atoms with Gasteiger partial charge < -0.3 is 10.6 Å². The largest absolute Gasteiger partial charge is 0.343 e. The topological polar surface area (TPSA) is 46.3 Å². The van der Waals surface area contributed by atoms with Crippen LogP contribution in [0.3, 0.4) is 0 Å². The van der Waals surface area contributed by atoms with Gasteiger partial charge in [0.1, 0.15) is 0 Å². The summed E-state index contributed by atoms with van der Waals surface area (Å²) in [7, 11) is 1.91. The highest BCUT2D eigenvalue weighted by Gasteiger charge is 2.33. The Morgan fingerprint density at radius 1 is 1.53 bits per heavy atom. The number of nitrogens with zero attached hydrogens (tertiary/aromatic N) is 1. The molecule has 1 fully saturated rings. The summed E-state index contributed by atoms with van der Waals surface area (Å²) in [5.74, 6) is 0.329. The molecule has 3 unspecified atom stereocenters. The molecule has 0 spiro atoms. The van der Waals surface area contributed by atoms with Crippen LogP contribution >= 0.6 is 0 Å². The maximum atomic E-state index is 12.1. The molecule has 1 aliphatic rings. The van der Waals surface area contributed by atoms with Gasteiger partial charge in [-0.1, -0.05) is 19.8 Å². The van der Waals surface area contributed by atoms with E-state index >= 15 is 0 Å². The van der Waals surface area contributed by atoms with Crippen LogP contribution in [0.15, 0.2) is 0 Å². The highest BCUT2D eigenvalue weighted by Crippen LogP contribution is 2.26. The molecule has 88 valence electrons. The van der Waals surface area contributed by atoms with Gasteiger partial charge in [0.25, 0.3) is 0 Å². The Balaban J connectivity index is 2.51. The molecule has 2 N–H and O–H groups in total. The maximum Gasteiger partial charge on any atom is 0.227 e. The van der Waals surface area contributed by atoms with Crippen LogP contribution in [0.1, 0.15) is 46.0 Å². The van der Waals surface area contributed by atoms with Crippen LogP contribution in [0.2, 0.25) is 0 Å². The van der Waals surface area contributed by atoms with E-state index in [0.29, 0.717) is 6.04 Å². The van der Waals surface area contributed by atoms with E-state index in [1.165, 1.54) is 0 Å². The van der Waals surface area contributed by atoms with E-state index in [1.807, 2.05) is 11.9 Å². The summed E-state index contributed by atoms with van der Waals surface area (Å²) >= 11 is 0. The quantitative estimate of drug-likeness (QED) is 0.772. The van der Waals surface area contributed by atoms with Crippen molar-refractivity contribution in [3.63, 3.8) is 0 Å². The number of hydrogen-bond donors (Lipinski definition) is 1. The molecular formula is C12H24N2O. The molecule has 0 radical (unpaired) electrons. The number of amides is 1. The minimum atomic E-state index is 0.0781. The molecule has 1 amide bonds. The number of carbonyl (C=O) groups excluding carboxylic acids is 1. The normalized spacial score (nSPS) is 27.7. The van der Waals surface area contributed by atoms with Gasteiger partial charge in [0.2, 0.25) is 5.91 Å². The van der Waals surface area contributed by atoms with Gasteiger partial charge in [-0.05, 0) is 26.2 Å². The molecule has 1 aliphatic carbocycles. The second kappa shape index (κ2) is 5.50. The Hall–Kier alpha value is -0.570. The Labute approximate surface area is 93.0 Å². The summed E-state index contributed by atoms with van der Waals surface area (Å²) in [4.78, 5) is 14.0. The molecule has 1 rings (SSSR count). The molecule has 3 heteroatoms. The maximum absolute atomic E-state index is 12.1. The van der Waals surface area contributed by atoms with Crippen molar-refractivity contribution in [1.29, 1.82) is 0 Å². The standard InChI is InChI=1S/C12H24N2O/c1-4-6-9(2)14(3)12(15)10-7-5-8-11(10)13/h9-11H,4-8,13H2,1-3H3. The Morgan fingerprint density at radius 2 is 2.20 bits per heavy atom. The first kappa shape index (κ1) is 12.5. The zero-order valence-electron chi connectivity index (χ0n) is 10.2. The lowest BCUT2D eigenvalue weighted by Crippen LogP contribution is -2.43. The average molecular weight is 212 g/mol. The van der Waals surface area contributed by atoms with Gasteiger partial charge >= 0.3 is 0 Å². The third-order valence-electron chi connectivity index (χ3n) is 3.60. The van der Waals surface area contributed by atoms with Gasteiger partial charge in [-0.3, -0.25) is 4.79 Å². The van der Waals surface area contributed by atoms with Gasteiger partial charge in [0.05, 0.1) is 5.92 Å². The first-order valence-electron chi connectivity index (χ1n) is 6.10. The van der Waals surface area contributed by atoms with Crippen LogP contribution in [-0.4, -0.2) is 29.9 Å². The lowest BCUT2D eigenvalue weighted by Gasteiger charge is -2.28. The minimum Gasteiger partial charge on any atom is -0.343 e. The smallest absolute Gasteiger partial charge is 0.227 e. The van der Waals surface area contributed by atoms with Crippen LogP contribution in [0.25, 0.3) is 0 Å². The van der Waals surface area contributed by atoms with Gasteiger partial charge in [-0.15, -0.1) is 0 Å². The number of hydrogen-bond acceptors (Lipinski definition) is 2. The van der Waals surface area contributed by atoms with E-state index in [0.717, 1.165) is 32.1 Å². The first-order chi connectivity index (χ1) is 7.07. The van der Waals surface area contributed by atoms with E-state index in [9.17, 15) is 4.79 Å². The van der Waals surface area contributed by atoms with E-state index in [1.54, 1.807) is 0 Å². The fourth-order valence-corrected chi connectivity index (χ4v) is 2.39. The second-order valence-electron chi connectivity index (χ2n) is 4.79. The van der Waals surface area contributed by atoms with Crippen molar-refractivity contribution in [3.8, 4) is 0 Å². The Kier molecular flexibility index (Phi) is 4.58. The predicted octanol–water partition coefficient (Wildman–Crippen LogP) is 1.76. The summed E-state index contributed by atoms with van der Waals surface area (Å²) in [6, 6.07) is 0.434. The molecule has 0 aromatic heterocycles. The van der Waals surface area contributed by atoms with E-state index in [-0.39, 0.29) is 17.9 Å². The Morgan fingerprint density at radius 3 is 2.67 bits per heavy atom. The van der Waals surface area contributed by atoms with Gasteiger partial charge in [0, 0.05) is 19.1 Å².